The minimum absolute atomic E-state index is 0.228. The topological polar surface area (TPSA) is 49.3 Å². The van der Waals surface area contributed by atoms with Gasteiger partial charge in [-0.05, 0) is 47.7 Å². The SMILES string of the molecule is C[C@H](O)CNC(=O)c1ccc(I)c(Cl)c1. The number of carbonyl (C=O) groups excluding carboxylic acids is 1. The fourth-order valence-electron chi connectivity index (χ4n) is 0.980. The highest BCUT2D eigenvalue weighted by atomic mass is 127. The molecule has 1 rings (SSSR count). The minimum Gasteiger partial charge on any atom is -0.392 e. The lowest BCUT2D eigenvalue weighted by atomic mass is 10.2. The first-order valence-electron chi connectivity index (χ1n) is 4.42. The molecule has 15 heavy (non-hydrogen) atoms. The summed E-state index contributed by atoms with van der Waals surface area (Å²) in [7, 11) is 0. The van der Waals surface area contributed by atoms with E-state index in [0.29, 0.717) is 10.6 Å². The molecule has 82 valence electrons. The molecule has 2 N–H and O–H groups in total. The highest BCUT2D eigenvalue weighted by Crippen LogP contribution is 2.19. The van der Waals surface area contributed by atoms with Crippen molar-refractivity contribution in [1.82, 2.24) is 5.32 Å². The predicted molar refractivity (Wildman–Crippen MR) is 68.2 cm³/mol. The third-order valence-corrected chi connectivity index (χ3v) is 3.31. The summed E-state index contributed by atoms with van der Waals surface area (Å²) in [4.78, 5) is 11.5. The summed E-state index contributed by atoms with van der Waals surface area (Å²) < 4.78 is 0.904. The van der Waals surface area contributed by atoms with Crippen molar-refractivity contribution >= 4 is 40.1 Å². The van der Waals surface area contributed by atoms with Crippen molar-refractivity contribution in [3.05, 3.63) is 32.4 Å². The Balaban J connectivity index is 2.70. The number of aliphatic hydroxyl groups excluding tert-OH is 1. The van der Waals surface area contributed by atoms with E-state index in [1.54, 1.807) is 25.1 Å². The summed E-state index contributed by atoms with van der Waals surface area (Å²) in [6.07, 6.45) is -0.548. The maximum absolute atomic E-state index is 11.5. The Bertz CT molecular complexity index is 368. The first-order chi connectivity index (χ1) is 7.00. The van der Waals surface area contributed by atoms with Gasteiger partial charge in [0.2, 0.25) is 0 Å². The van der Waals surface area contributed by atoms with E-state index in [2.05, 4.69) is 27.9 Å². The molecular formula is C10H11ClINO2. The van der Waals surface area contributed by atoms with Gasteiger partial charge in [0.25, 0.3) is 5.91 Å². The van der Waals surface area contributed by atoms with Crippen LogP contribution in [-0.4, -0.2) is 23.7 Å². The molecule has 5 heteroatoms. The number of rotatable bonds is 3. The first-order valence-corrected chi connectivity index (χ1v) is 5.87. The van der Waals surface area contributed by atoms with Crippen LogP contribution in [0, 0.1) is 3.57 Å². The second kappa shape index (κ2) is 5.67. The van der Waals surface area contributed by atoms with Gasteiger partial charge in [0.1, 0.15) is 0 Å². The highest BCUT2D eigenvalue weighted by molar-refractivity contribution is 14.1. The molecule has 3 nitrogen and oxygen atoms in total. The van der Waals surface area contributed by atoms with Crippen molar-refractivity contribution in [2.24, 2.45) is 0 Å². The van der Waals surface area contributed by atoms with E-state index < -0.39 is 6.10 Å². The van der Waals surface area contributed by atoms with Gasteiger partial charge < -0.3 is 10.4 Å². The number of carbonyl (C=O) groups is 1. The molecule has 0 fully saturated rings. The maximum Gasteiger partial charge on any atom is 0.251 e. The Morgan fingerprint density at radius 3 is 2.87 bits per heavy atom. The van der Waals surface area contributed by atoms with Crippen LogP contribution in [0.4, 0.5) is 0 Å². The molecule has 0 aliphatic rings. The van der Waals surface area contributed by atoms with Crippen LogP contribution < -0.4 is 5.32 Å². The van der Waals surface area contributed by atoms with Gasteiger partial charge >= 0.3 is 0 Å². The van der Waals surface area contributed by atoms with Gasteiger partial charge in [-0.2, -0.15) is 0 Å². The number of amides is 1. The number of halogens is 2. The van der Waals surface area contributed by atoms with E-state index in [-0.39, 0.29) is 12.5 Å². The number of nitrogens with one attached hydrogen (secondary N) is 1. The standard InChI is InChI=1S/C10H11ClINO2/c1-6(14)5-13-10(15)7-2-3-9(12)8(11)4-7/h2-4,6,14H,5H2,1H3,(H,13,15)/t6-/m0/s1. The molecule has 0 radical (unpaired) electrons. The van der Waals surface area contributed by atoms with Crippen LogP contribution in [0.3, 0.4) is 0 Å². The molecule has 0 heterocycles. The third-order valence-electron chi connectivity index (χ3n) is 1.74. The molecule has 0 aromatic heterocycles. The lowest BCUT2D eigenvalue weighted by Crippen LogP contribution is -2.30. The summed E-state index contributed by atoms with van der Waals surface area (Å²) in [6, 6.07) is 5.09. The molecule has 1 atom stereocenters. The number of benzene rings is 1. The van der Waals surface area contributed by atoms with Crippen molar-refractivity contribution in [1.29, 1.82) is 0 Å². The molecule has 0 aliphatic heterocycles. The molecule has 1 aromatic carbocycles. The van der Waals surface area contributed by atoms with E-state index in [0.717, 1.165) is 3.57 Å². The van der Waals surface area contributed by atoms with Gasteiger partial charge in [-0.3, -0.25) is 4.79 Å². The summed E-state index contributed by atoms with van der Waals surface area (Å²) in [5.41, 5.74) is 0.501. The van der Waals surface area contributed by atoms with Crippen LogP contribution in [0.5, 0.6) is 0 Å². The molecule has 1 amide bonds. The van der Waals surface area contributed by atoms with Crippen LogP contribution >= 0.6 is 34.2 Å². The molecule has 1 aromatic rings. The van der Waals surface area contributed by atoms with Crippen LogP contribution in [0.1, 0.15) is 17.3 Å². The van der Waals surface area contributed by atoms with Gasteiger partial charge in [-0.15, -0.1) is 0 Å². The molecular weight excluding hydrogens is 328 g/mol. The zero-order valence-corrected chi connectivity index (χ0v) is 11.0. The Morgan fingerprint density at radius 1 is 1.67 bits per heavy atom. The molecule has 0 aliphatic carbocycles. The molecule has 0 saturated heterocycles. The number of aliphatic hydroxyl groups is 1. The Labute approximate surface area is 107 Å². The van der Waals surface area contributed by atoms with Gasteiger partial charge in [0.05, 0.1) is 11.1 Å². The van der Waals surface area contributed by atoms with E-state index in [1.807, 2.05) is 0 Å². The van der Waals surface area contributed by atoms with Gasteiger partial charge in [0, 0.05) is 15.7 Å². The first kappa shape index (κ1) is 12.7. The van der Waals surface area contributed by atoms with Crippen LogP contribution in [0.2, 0.25) is 5.02 Å². The predicted octanol–water partition coefficient (Wildman–Crippen LogP) is 2.06. The lowest BCUT2D eigenvalue weighted by molar-refractivity contribution is 0.0924. The number of hydrogen-bond acceptors (Lipinski definition) is 2. The average molecular weight is 340 g/mol. The van der Waals surface area contributed by atoms with E-state index >= 15 is 0 Å². The Hall–Kier alpha value is -0.330. The van der Waals surface area contributed by atoms with E-state index in [9.17, 15) is 4.79 Å². The molecule has 0 spiro atoms. The smallest absolute Gasteiger partial charge is 0.251 e. The monoisotopic (exact) mass is 339 g/mol. The molecule has 0 saturated carbocycles. The van der Waals surface area contributed by atoms with Crippen molar-refractivity contribution in [3.63, 3.8) is 0 Å². The van der Waals surface area contributed by atoms with Gasteiger partial charge in [0.15, 0.2) is 0 Å². The van der Waals surface area contributed by atoms with E-state index in [4.69, 9.17) is 16.7 Å². The second-order valence-electron chi connectivity index (χ2n) is 3.19. The largest absolute Gasteiger partial charge is 0.392 e. The van der Waals surface area contributed by atoms with Crippen LogP contribution in [0.15, 0.2) is 18.2 Å². The van der Waals surface area contributed by atoms with E-state index in [1.165, 1.54) is 0 Å². The van der Waals surface area contributed by atoms with Gasteiger partial charge in [-0.25, -0.2) is 0 Å². The zero-order chi connectivity index (χ0) is 11.4. The Morgan fingerprint density at radius 2 is 2.33 bits per heavy atom. The molecule has 0 unspecified atom stereocenters. The summed E-state index contributed by atoms with van der Waals surface area (Å²) in [6.45, 7) is 1.85. The third kappa shape index (κ3) is 3.96. The quantitative estimate of drug-likeness (QED) is 0.828. The number of hydrogen-bond donors (Lipinski definition) is 2. The normalized spacial score (nSPS) is 12.3. The summed E-state index contributed by atoms with van der Waals surface area (Å²) in [5.74, 6) is -0.228. The second-order valence-corrected chi connectivity index (χ2v) is 4.76. The van der Waals surface area contributed by atoms with Crippen LogP contribution in [-0.2, 0) is 0 Å². The van der Waals surface area contributed by atoms with Crippen molar-refractivity contribution in [3.8, 4) is 0 Å². The minimum atomic E-state index is -0.548. The van der Waals surface area contributed by atoms with Crippen molar-refractivity contribution < 1.29 is 9.90 Å². The van der Waals surface area contributed by atoms with Crippen LogP contribution in [0.25, 0.3) is 0 Å². The zero-order valence-electron chi connectivity index (χ0n) is 8.13. The summed E-state index contributed by atoms with van der Waals surface area (Å²) in [5, 5.41) is 12.2. The molecule has 0 bridgehead atoms. The maximum atomic E-state index is 11.5. The fourth-order valence-corrected chi connectivity index (χ4v) is 1.50. The highest BCUT2D eigenvalue weighted by Gasteiger charge is 2.07. The Kier molecular flexibility index (Phi) is 4.82. The fraction of sp³-hybridized carbons (Fsp3) is 0.300. The lowest BCUT2D eigenvalue weighted by Gasteiger charge is -2.07. The van der Waals surface area contributed by atoms with Crippen molar-refractivity contribution in [2.45, 2.75) is 13.0 Å². The van der Waals surface area contributed by atoms with Gasteiger partial charge in [-0.1, -0.05) is 11.6 Å². The van der Waals surface area contributed by atoms with Crippen molar-refractivity contribution in [2.75, 3.05) is 6.54 Å². The average Bonchev–Trinajstić information content (AvgIpc) is 2.18. The summed E-state index contributed by atoms with van der Waals surface area (Å²) >= 11 is 7.98.